The van der Waals surface area contributed by atoms with Crippen molar-refractivity contribution in [1.29, 1.82) is 0 Å². The fraction of sp³-hybridized carbons (Fsp3) is 0.167. The summed E-state index contributed by atoms with van der Waals surface area (Å²) in [5, 5.41) is 3.33. The van der Waals surface area contributed by atoms with Gasteiger partial charge in [-0.05, 0) is 46.1 Å². The van der Waals surface area contributed by atoms with Gasteiger partial charge in [0.05, 0.1) is 6.04 Å². The first-order chi connectivity index (χ1) is 8.60. The van der Waals surface area contributed by atoms with E-state index in [0.717, 1.165) is 21.3 Å². The van der Waals surface area contributed by atoms with Gasteiger partial charge in [-0.1, -0.05) is 29.3 Å². The van der Waals surface area contributed by atoms with Crippen LogP contribution in [-0.4, -0.2) is 0 Å². The highest BCUT2D eigenvalue weighted by atomic mass is 79.9. The van der Waals surface area contributed by atoms with Gasteiger partial charge >= 0.3 is 0 Å². The first kappa shape index (κ1) is 14.3. The van der Waals surface area contributed by atoms with E-state index in [0.29, 0.717) is 10.0 Å². The van der Waals surface area contributed by atoms with Crippen molar-refractivity contribution < 1.29 is 0 Å². The quantitative estimate of drug-likeness (QED) is 0.615. The Labute approximate surface area is 128 Å². The molecule has 18 heavy (non-hydrogen) atoms. The molecule has 0 bridgehead atoms. The molecule has 2 rings (SSSR count). The summed E-state index contributed by atoms with van der Waals surface area (Å²) in [6, 6.07) is 7.60. The first-order valence-corrected chi connectivity index (χ1v) is 7.67. The molecule has 0 aliphatic carbocycles. The van der Waals surface area contributed by atoms with Crippen LogP contribution in [0.25, 0.3) is 0 Å². The van der Waals surface area contributed by atoms with Gasteiger partial charge in [0.1, 0.15) is 0 Å². The van der Waals surface area contributed by atoms with Gasteiger partial charge in [-0.25, -0.2) is 0 Å². The van der Waals surface area contributed by atoms with Crippen molar-refractivity contribution >= 4 is 50.5 Å². The average Bonchev–Trinajstić information content (AvgIpc) is 2.75. The van der Waals surface area contributed by atoms with Crippen LogP contribution in [-0.2, 0) is 6.42 Å². The number of thiophene rings is 1. The predicted octanol–water partition coefficient (Wildman–Crippen LogP) is 4.56. The minimum Gasteiger partial charge on any atom is -0.271 e. The SMILES string of the molecule is NNC(Cc1ccc(Cl)cc1Cl)c1cc(Br)cs1. The number of halogens is 3. The zero-order valence-corrected chi connectivity index (χ0v) is 13.2. The molecular formula is C12H11BrCl2N2S. The Kier molecular flexibility index (Phi) is 5.06. The second-order valence-corrected chi connectivity index (χ2v) is 6.53. The molecule has 0 radical (unpaired) electrons. The number of benzene rings is 1. The predicted molar refractivity (Wildman–Crippen MR) is 82.2 cm³/mol. The highest BCUT2D eigenvalue weighted by molar-refractivity contribution is 9.10. The summed E-state index contributed by atoms with van der Waals surface area (Å²) >= 11 is 17.1. The summed E-state index contributed by atoms with van der Waals surface area (Å²) in [6.07, 6.45) is 0.722. The second kappa shape index (κ2) is 6.37. The number of nitrogens with two attached hydrogens (primary N) is 1. The third-order valence-corrected chi connectivity index (χ3v) is 4.97. The lowest BCUT2D eigenvalue weighted by Gasteiger charge is -2.15. The molecule has 0 aliphatic rings. The third-order valence-electron chi connectivity index (χ3n) is 2.57. The van der Waals surface area contributed by atoms with Crippen molar-refractivity contribution in [2.45, 2.75) is 12.5 Å². The molecule has 0 aliphatic heterocycles. The topological polar surface area (TPSA) is 38.0 Å². The molecular weight excluding hydrogens is 355 g/mol. The van der Waals surface area contributed by atoms with Crippen LogP contribution in [0, 0.1) is 0 Å². The molecule has 1 atom stereocenters. The molecule has 1 aromatic carbocycles. The van der Waals surface area contributed by atoms with Gasteiger partial charge in [0.2, 0.25) is 0 Å². The van der Waals surface area contributed by atoms with Crippen LogP contribution in [0.1, 0.15) is 16.5 Å². The highest BCUT2D eigenvalue weighted by Gasteiger charge is 2.14. The Morgan fingerprint density at radius 2 is 2.11 bits per heavy atom. The molecule has 1 aromatic heterocycles. The number of rotatable bonds is 4. The molecule has 0 saturated carbocycles. The van der Waals surface area contributed by atoms with Crippen molar-refractivity contribution in [3.8, 4) is 0 Å². The zero-order valence-electron chi connectivity index (χ0n) is 9.29. The van der Waals surface area contributed by atoms with Gasteiger partial charge in [0.15, 0.2) is 0 Å². The average molecular weight is 366 g/mol. The Hall–Kier alpha value is -0.100. The summed E-state index contributed by atoms with van der Waals surface area (Å²) in [4.78, 5) is 1.16. The van der Waals surface area contributed by atoms with Crippen LogP contribution >= 0.6 is 50.5 Å². The lowest BCUT2D eigenvalue weighted by Crippen LogP contribution is -2.29. The molecule has 96 valence electrons. The first-order valence-electron chi connectivity index (χ1n) is 5.24. The van der Waals surface area contributed by atoms with Crippen molar-refractivity contribution in [3.63, 3.8) is 0 Å². The maximum atomic E-state index is 6.16. The van der Waals surface area contributed by atoms with E-state index in [1.165, 1.54) is 0 Å². The van der Waals surface area contributed by atoms with E-state index >= 15 is 0 Å². The fourth-order valence-corrected chi connectivity index (χ4v) is 3.65. The summed E-state index contributed by atoms with van der Waals surface area (Å²) in [5.41, 5.74) is 3.84. The smallest absolute Gasteiger partial charge is 0.0594 e. The lowest BCUT2D eigenvalue weighted by atomic mass is 10.1. The Morgan fingerprint density at radius 1 is 1.33 bits per heavy atom. The molecule has 1 heterocycles. The van der Waals surface area contributed by atoms with Gasteiger partial charge < -0.3 is 0 Å². The van der Waals surface area contributed by atoms with E-state index in [1.54, 1.807) is 17.4 Å². The number of hydrazine groups is 1. The second-order valence-electron chi connectivity index (χ2n) is 3.83. The summed E-state index contributed by atoms with van der Waals surface area (Å²) < 4.78 is 1.06. The van der Waals surface area contributed by atoms with Crippen molar-refractivity contribution in [2.24, 2.45) is 5.84 Å². The van der Waals surface area contributed by atoms with E-state index in [4.69, 9.17) is 29.0 Å². The van der Waals surface area contributed by atoms with Crippen molar-refractivity contribution in [3.05, 3.63) is 54.6 Å². The van der Waals surface area contributed by atoms with Gasteiger partial charge in [-0.3, -0.25) is 11.3 Å². The molecule has 0 fully saturated rings. The summed E-state index contributed by atoms with van der Waals surface area (Å²) in [7, 11) is 0. The molecule has 2 nitrogen and oxygen atoms in total. The maximum Gasteiger partial charge on any atom is 0.0594 e. The summed E-state index contributed by atoms with van der Waals surface area (Å²) in [6.45, 7) is 0. The normalized spacial score (nSPS) is 12.7. The van der Waals surface area contributed by atoms with E-state index in [1.807, 2.05) is 17.5 Å². The van der Waals surface area contributed by atoms with E-state index in [9.17, 15) is 0 Å². The van der Waals surface area contributed by atoms with Gasteiger partial charge in [0, 0.05) is 24.8 Å². The minimum atomic E-state index is 0.0416. The third kappa shape index (κ3) is 3.47. The number of hydrogen-bond donors (Lipinski definition) is 2. The highest BCUT2D eigenvalue weighted by Crippen LogP contribution is 2.30. The molecule has 6 heteroatoms. The van der Waals surface area contributed by atoms with E-state index in [2.05, 4.69) is 27.4 Å². The Balaban J connectivity index is 2.20. The largest absolute Gasteiger partial charge is 0.271 e. The zero-order chi connectivity index (χ0) is 13.1. The van der Waals surface area contributed by atoms with Crippen LogP contribution in [0.3, 0.4) is 0 Å². The molecule has 0 amide bonds. The van der Waals surface area contributed by atoms with Crippen molar-refractivity contribution in [1.82, 2.24) is 5.43 Å². The molecule has 1 unspecified atom stereocenters. The van der Waals surface area contributed by atoms with Crippen molar-refractivity contribution in [2.75, 3.05) is 0 Å². The van der Waals surface area contributed by atoms with E-state index in [-0.39, 0.29) is 6.04 Å². The van der Waals surface area contributed by atoms with Gasteiger partial charge in [-0.2, -0.15) is 0 Å². The number of hydrogen-bond acceptors (Lipinski definition) is 3. The molecule has 0 spiro atoms. The molecule has 3 N–H and O–H groups in total. The standard InChI is InChI=1S/C12H11BrCl2N2S/c13-8-4-12(18-6-8)11(17-16)3-7-1-2-9(14)5-10(7)15/h1-2,4-6,11,17H,3,16H2. The Morgan fingerprint density at radius 3 is 2.67 bits per heavy atom. The monoisotopic (exact) mass is 364 g/mol. The van der Waals surface area contributed by atoms with Crippen LogP contribution in [0.15, 0.2) is 34.1 Å². The lowest BCUT2D eigenvalue weighted by molar-refractivity contribution is 0.560. The van der Waals surface area contributed by atoms with Crippen LogP contribution < -0.4 is 11.3 Å². The van der Waals surface area contributed by atoms with E-state index < -0.39 is 0 Å². The summed E-state index contributed by atoms with van der Waals surface area (Å²) in [5.74, 6) is 5.61. The van der Waals surface area contributed by atoms with Gasteiger partial charge in [-0.15, -0.1) is 11.3 Å². The fourth-order valence-electron chi connectivity index (χ4n) is 1.66. The minimum absolute atomic E-state index is 0.0416. The molecule has 2 aromatic rings. The Bertz CT molecular complexity index is 545. The maximum absolute atomic E-state index is 6.16. The molecule has 0 saturated heterocycles. The van der Waals surface area contributed by atoms with Crippen LogP contribution in [0.5, 0.6) is 0 Å². The van der Waals surface area contributed by atoms with Crippen LogP contribution in [0.2, 0.25) is 10.0 Å². The number of nitrogens with one attached hydrogen (secondary N) is 1. The van der Waals surface area contributed by atoms with Gasteiger partial charge in [0.25, 0.3) is 0 Å². The van der Waals surface area contributed by atoms with Crippen LogP contribution in [0.4, 0.5) is 0 Å².